The Morgan fingerprint density at radius 2 is 2.07 bits per heavy atom. The highest BCUT2D eigenvalue weighted by Gasteiger charge is 2.18. The van der Waals surface area contributed by atoms with E-state index in [2.05, 4.69) is 17.2 Å². The maximum atomic E-state index is 4.44. The molecule has 0 atom stereocenters. The minimum absolute atomic E-state index is 0.912. The lowest BCUT2D eigenvalue weighted by Crippen LogP contribution is -2.30. The highest BCUT2D eigenvalue weighted by molar-refractivity contribution is 5.83. The molecule has 2 aliphatic rings. The van der Waals surface area contributed by atoms with E-state index < -0.39 is 0 Å². The van der Waals surface area contributed by atoms with Gasteiger partial charge in [0.25, 0.3) is 0 Å². The number of hydrogen-bond acceptors (Lipinski definition) is 2. The smallest absolute Gasteiger partial charge is 0.0963 e. The van der Waals surface area contributed by atoms with Gasteiger partial charge in [0, 0.05) is 19.5 Å². The number of hydrogen-bond donors (Lipinski definition) is 1. The van der Waals surface area contributed by atoms with Crippen molar-refractivity contribution in [3.05, 3.63) is 0 Å². The van der Waals surface area contributed by atoms with Gasteiger partial charge in [0.1, 0.15) is 0 Å². The van der Waals surface area contributed by atoms with Crippen molar-refractivity contribution >= 4 is 5.84 Å². The number of amidine groups is 1. The summed E-state index contributed by atoms with van der Waals surface area (Å²) in [6.07, 6.45) is 8.13. The predicted octanol–water partition coefficient (Wildman–Crippen LogP) is 2.59. The summed E-state index contributed by atoms with van der Waals surface area (Å²) in [7, 11) is 0. The molecule has 2 nitrogen and oxygen atoms in total. The van der Waals surface area contributed by atoms with E-state index in [9.17, 15) is 0 Å². The SMILES string of the molecule is CC1CCC(CNC2=NCCC2)CC1. The lowest BCUT2D eigenvalue weighted by Gasteiger charge is -2.26. The first-order valence-corrected chi connectivity index (χ1v) is 6.12. The molecule has 0 unspecified atom stereocenters. The lowest BCUT2D eigenvalue weighted by molar-refractivity contribution is 0.290. The Labute approximate surface area is 87.2 Å². The molecule has 1 saturated carbocycles. The van der Waals surface area contributed by atoms with Gasteiger partial charge in [0.05, 0.1) is 5.84 Å². The van der Waals surface area contributed by atoms with Crippen LogP contribution < -0.4 is 5.32 Å². The van der Waals surface area contributed by atoms with Crippen LogP contribution in [0.4, 0.5) is 0 Å². The van der Waals surface area contributed by atoms with Crippen LogP contribution in [0.3, 0.4) is 0 Å². The Hall–Kier alpha value is -0.530. The molecule has 0 aromatic carbocycles. The summed E-state index contributed by atoms with van der Waals surface area (Å²) in [5.41, 5.74) is 0. The van der Waals surface area contributed by atoms with Crippen molar-refractivity contribution in [3.8, 4) is 0 Å². The highest BCUT2D eigenvalue weighted by Crippen LogP contribution is 2.27. The maximum Gasteiger partial charge on any atom is 0.0963 e. The van der Waals surface area contributed by atoms with Crippen molar-refractivity contribution in [1.82, 2.24) is 5.32 Å². The molecule has 1 fully saturated rings. The van der Waals surface area contributed by atoms with Crippen LogP contribution in [0.1, 0.15) is 45.4 Å². The molecule has 1 N–H and O–H groups in total. The average molecular weight is 194 g/mol. The van der Waals surface area contributed by atoms with Gasteiger partial charge in [-0.1, -0.05) is 19.8 Å². The molecule has 0 radical (unpaired) electrons. The second-order valence-corrected chi connectivity index (χ2v) is 4.94. The lowest BCUT2D eigenvalue weighted by atomic mass is 9.83. The first-order chi connectivity index (χ1) is 6.84. The molecular formula is C12H22N2. The van der Waals surface area contributed by atoms with Gasteiger partial charge in [0.2, 0.25) is 0 Å². The van der Waals surface area contributed by atoms with Crippen LogP contribution in [0.2, 0.25) is 0 Å². The van der Waals surface area contributed by atoms with Crippen molar-refractivity contribution in [2.75, 3.05) is 13.1 Å². The van der Waals surface area contributed by atoms with Gasteiger partial charge in [-0.2, -0.15) is 0 Å². The van der Waals surface area contributed by atoms with E-state index in [1.807, 2.05) is 0 Å². The summed E-state index contributed by atoms with van der Waals surface area (Å²) in [5, 5.41) is 3.52. The Kier molecular flexibility index (Phi) is 3.44. The Morgan fingerprint density at radius 3 is 2.71 bits per heavy atom. The van der Waals surface area contributed by atoms with E-state index >= 15 is 0 Å². The van der Waals surface area contributed by atoms with E-state index in [1.165, 1.54) is 50.9 Å². The van der Waals surface area contributed by atoms with Gasteiger partial charge in [0.15, 0.2) is 0 Å². The van der Waals surface area contributed by atoms with E-state index in [1.54, 1.807) is 0 Å². The summed E-state index contributed by atoms with van der Waals surface area (Å²) in [6.45, 7) is 4.60. The van der Waals surface area contributed by atoms with E-state index in [-0.39, 0.29) is 0 Å². The fourth-order valence-electron chi connectivity index (χ4n) is 2.48. The van der Waals surface area contributed by atoms with Crippen molar-refractivity contribution in [1.29, 1.82) is 0 Å². The second-order valence-electron chi connectivity index (χ2n) is 4.94. The third kappa shape index (κ3) is 2.73. The quantitative estimate of drug-likeness (QED) is 0.718. The summed E-state index contributed by atoms with van der Waals surface area (Å²) in [4.78, 5) is 4.44. The van der Waals surface area contributed by atoms with Crippen LogP contribution in [0.15, 0.2) is 4.99 Å². The third-order valence-corrected chi connectivity index (χ3v) is 3.60. The van der Waals surface area contributed by atoms with E-state index in [0.29, 0.717) is 0 Å². The summed E-state index contributed by atoms with van der Waals surface area (Å²) >= 11 is 0. The molecule has 0 amide bonds. The van der Waals surface area contributed by atoms with Crippen LogP contribution in [0, 0.1) is 11.8 Å². The van der Waals surface area contributed by atoms with E-state index in [0.717, 1.165) is 18.4 Å². The molecule has 0 bridgehead atoms. The molecule has 0 saturated heterocycles. The fourth-order valence-corrected chi connectivity index (χ4v) is 2.48. The van der Waals surface area contributed by atoms with Gasteiger partial charge in [-0.05, 0) is 31.1 Å². The minimum Gasteiger partial charge on any atom is -0.374 e. The molecule has 0 aromatic rings. The Morgan fingerprint density at radius 1 is 1.29 bits per heavy atom. The van der Waals surface area contributed by atoms with Gasteiger partial charge >= 0.3 is 0 Å². The first kappa shape index (κ1) is 10.0. The molecule has 1 aliphatic heterocycles. The topological polar surface area (TPSA) is 24.4 Å². The zero-order valence-corrected chi connectivity index (χ0v) is 9.26. The highest BCUT2D eigenvalue weighted by atomic mass is 15.0. The van der Waals surface area contributed by atoms with Crippen LogP contribution >= 0.6 is 0 Å². The molecule has 80 valence electrons. The largest absolute Gasteiger partial charge is 0.374 e. The van der Waals surface area contributed by atoms with Crippen LogP contribution in [-0.2, 0) is 0 Å². The van der Waals surface area contributed by atoms with Crippen molar-refractivity contribution in [3.63, 3.8) is 0 Å². The molecule has 0 spiro atoms. The number of nitrogens with one attached hydrogen (secondary N) is 1. The van der Waals surface area contributed by atoms with Gasteiger partial charge in [-0.15, -0.1) is 0 Å². The fraction of sp³-hybridized carbons (Fsp3) is 0.917. The predicted molar refractivity (Wildman–Crippen MR) is 60.7 cm³/mol. The first-order valence-electron chi connectivity index (χ1n) is 6.12. The maximum absolute atomic E-state index is 4.44. The van der Waals surface area contributed by atoms with Crippen LogP contribution in [0.25, 0.3) is 0 Å². The molecule has 2 heteroatoms. The zero-order valence-electron chi connectivity index (χ0n) is 9.26. The zero-order chi connectivity index (χ0) is 9.80. The third-order valence-electron chi connectivity index (χ3n) is 3.60. The number of aliphatic imine (C=N–C) groups is 1. The van der Waals surface area contributed by atoms with Gasteiger partial charge in [-0.25, -0.2) is 0 Å². The van der Waals surface area contributed by atoms with Crippen LogP contribution in [0.5, 0.6) is 0 Å². The Balaban J connectivity index is 1.65. The van der Waals surface area contributed by atoms with Gasteiger partial charge in [-0.3, -0.25) is 4.99 Å². The summed E-state index contributed by atoms with van der Waals surface area (Å²) < 4.78 is 0. The summed E-state index contributed by atoms with van der Waals surface area (Å²) in [5.74, 6) is 3.15. The average Bonchev–Trinajstić information content (AvgIpc) is 2.70. The van der Waals surface area contributed by atoms with Gasteiger partial charge < -0.3 is 5.32 Å². The molecule has 14 heavy (non-hydrogen) atoms. The van der Waals surface area contributed by atoms with Crippen molar-refractivity contribution in [2.45, 2.75) is 45.4 Å². The molecule has 0 aromatic heterocycles. The monoisotopic (exact) mass is 194 g/mol. The summed E-state index contributed by atoms with van der Waals surface area (Å²) in [6, 6.07) is 0. The second kappa shape index (κ2) is 4.81. The molecule has 1 aliphatic carbocycles. The standard InChI is InChI=1S/C12H22N2/c1-10-4-6-11(7-5-10)9-14-12-3-2-8-13-12/h10-11H,2-9H2,1H3,(H,13,14). The minimum atomic E-state index is 0.912. The number of rotatable bonds is 2. The molecule has 1 heterocycles. The van der Waals surface area contributed by atoms with E-state index in [4.69, 9.17) is 0 Å². The molecule has 2 rings (SSSR count). The van der Waals surface area contributed by atoms with Crippen LogP contribution in [-0.4, -0.2) is 18.9 Å². The van der Waals surface area contributed by atoms with Crippen molar-refractivity contribution < 1.29 is 0 Å². The van der Waals surface area contributed by atoms with Crippen molar-refractivity contribution in [2.24, 2.45) is 16.8 Å². The Bertz CT molecular complexity index is 202. The number of nitrogens with zero attached hydrogens (tertiary/aromatic N) is 1. The normalized spacial score (nSPS) is 32.8. The molecular weight excluding hydrogens is 172 g/mol.